The predicted molar refractivity (Wildman–Crippen MR) is 106 cm³/mol. The highest BCUT2D eigenvalue weighted by Gasteiger charge is 2.49. The number of pyridine rings is 2. The fourth-order valence-corrected chi connectivity index (χ4v) is 4.82. The van der Waals surface area contributed by atoms with Gasteiger partial charge in [-0.05, 0) is 49.1 Å². The molecule has 1 fully saturated rings. The molecule has 5 heterocycles. The molecule has 3 aromatic heterocycles. The van der Waals surface area contributed by atoms with Crippen molar-refractivity contribution in [3.63, 3.8) is 0 Å². The molecule has 0 radical (unpaired) electrons. The number of hydrogen-bond acceptors (Lipinski definition) is 7. The SMILES string of the molecule is Cc1snnc1C(=O)N1CCC2(C1)CN(Cc1ccccn1)c1cccnc12. The number of anilines is 1. The fourth-order valence-electron chi connectivity index (χ4n) is 4.36. The number of aryl methyl sites for hydroxylation is 1. The molecule has 28 heavy (non-hydrogen) atoms. The Labute approximate surface area is 167 Å². The molecule has 1 spiro atoms. The van der Waals surface area contributed by atoms with Crippen LogP contribution in [0.5, 0.6) is 0 Å². The Balaban J connectivity index is 1.43. The number of carbonyl (C=O) groups is 1. The Hall–Kier alpha value is -2.87. The molecule has 0 aliphatic carbocycles. The van der Waals surface area contributed by atoms with E-state index < -0.39 is 0 Å². The van der Waals surface area contributed by atoms with Crippen LogP contribution < -0.4 is 4.90 Å². The van der Waals surface area contributed by atoms with Crippen LogP contribution in [-0.4, -0.2) is 50.0 Å². The lowest BCUT2D eigenvalue weighted by molar-refractivity contribution is 0.0777. The minimum absolute atomic E-state index is 0.0243. The van der Waals surface area contributed by atoms with Crippen molar-refractivity contribution in [3.05, 3.63) is 64.7 Å². The second-order valence-electron chi connectivity index (χ2n) is 7.48. The van der Waals surface area contributed by atoms with Crippen LogP contribution >= 0.6 is 11.5 Å². The van der Waals surface area contributed by atoms with Crippen LogP contribution in [0.3, 0.4) is 0 Å². The van der Waals surface area contributed by atoms with E-state index in [1.54, 1.807) is 0 Å². The number of hydrogen-bond donors (Lipinski definition) is 0. The molecule has 0 N–H and O–H groups in total. The van der Waals surface area contributed by atoms with E-state index in [9.17, 15) is 4.79 Å². The molecule has 1 unspecified atom stereocenters. The third kappa shape index (κ3) is 2.75. The van der Waals surface area contributed by atoms with Crippen LogP contribution in [0.15, 0.2) is 42.7 Å². The number of amides is 1. The van der Waals surface area contributed by atoms with Gasteiger partial charge in [-0.1, -0.05) is 10.6 Å². The molecule has 3 aromatic rings. The van der Waals surface area contributed by atoms with Gasteiger partial charge in [0.1, 0.15) is 0 Å². The van der Waals surface area contributed by atoms with Gasteiger partial charge in [-0.3, -0.25) is 14.8 Å². The molecule has 2 aliphatic rings. The molecule has 1 atom stereocenters. The van der Waals surface area contributed by atoms with E-state index in [-0.39, 0.29) is 11.3 Å². The Morgan fingerprint density at radius 3 is 2.86 bits per heavy atom. The zero-order chi connectivity index (χ0) is 19.1. The predicted octanol–water partition coefficient (Wildman–Crippen LogP) is 2.44. The van der Waals surface area contributed by atoms with E-state index in [1.807, 2.05) is 48.5 Å². The summed E-state index contributed by atoms with van der Waals surface area (Å²) in [5.74, 6) is -0.0243. The van der Waals surface area contributed by atoms with Gasteiger partial charge in [0.2, 0.25) is 0 Å². The first-order valence-corrected chi connectivity index (χ1v) is 10.1. The van der Waals surface area contributed by atoms with Gasteiger partial charge in [0.15, 0.2) is 5.69 Å². The van der Waals surface area contributed by atoms with E-state index in [0.29, 0.717) is 18.8 Å². The Bertz CT molecular complexity index is 1020. The Kier molecular flexibility index (Phi) is 4.08. The summed E-state index contributed by atoms with van der Waals surface area (Å²) in [6, 6.07) is 10.1. The second-order valence-corrected chi connectivity index (χ2v) is 8.44. The van der Waals surface area contributed by atoms with E-state index in [2.05, 4.69) is 25.5 Å². The number of aromatic nitrogens is 4. The maximum atomic E-state index is 12.9. The summed E-state index contributed by atoms with van der Waals surface area (Å²) >= 11 is 1.27. The largest absolute Gasteiger partial charge is 0.363 e. The molecule has 5 rings (SSSR count). The van der Waals surface area contributed by atoms with Crippen molar-refractivity contribution in [2.24, 2.45) is 0 Å². The van der Waals surface area contributed by atoms with Gasteiger partial charge >= 0.3 is 0 Å². The topological polar surface area (TPSA) is 75.1 Å². The summed E-state index contributed by atoms with van der Waals surface area (Å²) in [6.07, 6.45) is 4.58. The Morgan fingerprint density at radius 1 is 1.18 bits per heavy atom. The third-order valence-electron chi connectivity index (χ3n) is 5.70. The third-order valence-corrected chi connectivity index (χ3v) is 6.33. The van der Waals surface area contributed by atoms with Gasteiger partial charge in [0, 0.05) is 32.0 Å². The van der Waals surface area contributed by atoms with Gasteiger partial charge in [-0.2, -0.15) is 0 Å². The van der Waals surface area contributed by atoms with Gasteiger partial charge in [-0.15, -0.1) is 5.10 Å². The number of nitrogens with zero attached hydrogens (tertiary/aromatic N) is 6. The first kappa shape index (κ1) is 17.2. The molecular formula is C20H20N6OS. The molecule has 2 aliphatic heterocycles. The average molecular weight is 392 g/mol. The number of rotatable bonds is 3. The zero-order valence-electron chi connectivity index (χ0n) is 15.6. The molecule has 8 heteroatoms. The average Bonchev–Trinajstić information content (AvgIpc) is 3.42. The molecule has 7 nitrogen and oxygen atoms in total. The van der Waals surface area contributed by atoms with Crippen LogP contribution in [-0.2, 0) is 12.0 Å². The van der Waals surface area contributed by atoms with Gasteiger partial charge in [0.25, 0.3) is 5.91 Å². The summed E-state index contributed by atoms with van der Waals surface area (Å²) in [4.78, 5) is 27.3. The first-order valence-electron chi connectivity index (χ1n) is 9.35. The van der Waals surface area contributed by atoms with Crippen LogP contribution in [0.4, 0.5) is 5.69 Å². The lowest BCUT2D eigenvalue weighted by Gasteiger charge is -2.25. The van der Waals surface area contributed by atoms with E-state index in [0.717, 1.165) is 41.5 Å². The molecule has 0 aromatic carbocycles. The molecular weight excluding hydrogens is 372 g/mol. The van der Waals surface area contributed by atoms with E-state index >= 15 is 0 Å². The zero-order valence-corrected chi connectivity index (χ0v) is 16.4. The Morgan fingerprint density at radius 2 is 2.07 bits per heavy atom. The van der Waals surface area contributed by atoms with E-state index in [1.165, 1.54) is 11.5 Å². The van der Waals surface area contributed by atoms with Crippen molar-refractivity contribution in [2.75, 3.05) is 24.5 Å². The van der Waals surface area contributed by atoms with Crippen LogP contribution in [0.25, 0.3) is 0 Å². The summed E-state index contributed by atoms with van der Waals surface area (Å²) < 4.78 is 3.91. The van der Waals surface area contributed by atoms with Gasteiger partial charge in [0.05, 0.1) is 33.9 Å². The van der Waals surface area contributed by atoms with Crippen molar-refractivity contribution in [1.82, 2.24) is 24.5 Å². The van der Waals surface area contributed by atoms with Crippen molar-refractivity contribution in [1.29, 1.82) is 0 Å². The van der Waals surface area contributed by atoms with Crippen LogP contribution in [0.1, 0.15) is 33.2 Å². The summed E-state index contributed by atoms with van der Waals surface area (Å²) in [5, 5.41) is 4.03. The normalized spacial score (nSPS) is 20.8. The minimum Gasteiger partial charge on any atom is -0.363 e. The van der Waals surface area contributed by atoms with Crippen molar-refractivity contribution < 1.29 is 4.79 Å². The second kappa shape index (κ2) is 6.63. The first-order chi connectivity index (χ1) is 13.7. The summed E-state index contributed by atoms with van der Waals surface area (Å²) in [6.45, 7) is 4.85. The van der Waals surface area contributed by atoms with Crippen molar-refractivity contribution in [2.45, 2.75) is 25.3 Å². The number of carbonyl (C=O) groups excluding carboxylic acids is 1. The van der Waals surface area contributed by atoms with Crippen LogP contribution in [0, 0.1) is 6.92 Å². The van der Waals surface area contributed by atoms with Gasteiger partial charge in [-0.25, -0.2) is 0 Å². The number of fused-ring (bicyclic) bond motifs is 2. The molecule has 1 amide bonds. The van der Waals surface area contributed by atoms with Crippen molar-refractivity contribution in [3.8, 4) is 0 Å². The standard InChI is InChI=1S/C20H20N6OS/c1-14-17(23-24-28-14)19(27)25-10-7-20(12-25)13-26(11-15-5-2-3-8-21-15)16-6-4-9-22-18(16)20/h2-6,8-9H,7,10-13H2,1H3. The minimum atomic E-state index is -0.140. The van der Waals surface area contributed by atoms with Gasteiger partial charge < -0.3 is 9.80 Å². The fraction of sp³-hybridized carbons (Fsp3) is 0.350. The highest BCUT2D eigenvalue weighted by molar-refractivity contribution is 7.05. The summed E-state index contributed by atoms with van der Waals surface area (Å²) in [5.41, 5.74) is 3.61. The van der Waals surface area contributed by atoms with E-state index in [4.69, 9.17) is 4.98 Å². The molecule has 1 saturated heterocycles. The molecule has 0 saturated carbocycles. The number of likely N-dealkylation sites (tertiary alicyclic amines) is 1. The maximum absolute atomic E-state index is 12.9. The lowest BCUT2D eigenvalue weighted by Crippen LogP contribution is -2.38. The smallest absolute Gasteiger partial charge is 0.275 e. The quantitative estimate of drug-likeness (QED) is 0.682. The molecule has 0 bridgehead atoms. The maximum Gasteiger partial charge on any atom is 0.275 e. The van der Waals surface area contributed by atoms with Crippen LogP contribution in [0.2, 0.25) is 0 Å². The monoisotopic (exact) mass is 392 g/mol. The highest BCUT2D eigenvalue weighted by atomic mass is 32.1. The highest BCUT2D eigenvalue weighted by Crippen LogP contribution is 2.45. The van der Waals surface area contributed by atoms with Crippen molar-refractivity contribution >= 4 is 23.1 Å². The molecule has 142 valence electrons. The summed E-state index contributed by atoms with van der Waals surface area (Å²) in [7, 11) is 0. The lowest BCUT2D eigenvalue weighted by atomic mass is 9.85.